The average Bonchev–Trinajstić information content (AvgIpc) is 2.94. The summed E-state index contributed by atoms with van der Waals surface area (Å²) >= 11 is 0. The molecule has 0 heterocycles. The molecule has 0 aromatic heterocycles. The number of hydrogen-bond acceptors (Lipinski definition) is 3. The van der Waals surface area contributed by atoms with Crippen LogP contribution in [0.3, 0.4) is 0 Å². The Morgan fingerprint density at radius 3 is 1.97 bits per heavy atom. The minimum atomic E-state index is -0.0377. The van der Waals surface area contributed by atoms with Crippen LogP contribution in [0.1, 0.15) is 69.4 Å². The topological polar surface area (TPSA) is 38.7 Å². The molecule has 3 nitrogen and oxygen atoms in total. The first kappa shape index (κ1) is 25.4. The Kier molecular flexibility index (Phi) is 8.42. The lowest BCUT2D eigenvalue weighted by Gasteiger charge is -2.15. The Bertz CT molecular complexity index is 1420. The van der Waals surface area contributed by atoms with E-state index in [1.807, 2.05) is 18.2 Å². The molecule has 0 saturated heterocycles. The van der Waals surface area contributed by atoms with E-state index in [4.69, 9.17) is 9.47 Å². The molecule has 5 aromatic carbocycles. The van der Waals surface area contributed by atoms with Crippen molar-refractivity contribution in [1.29, 1.82) is 0 Å². The Hall–Kier alpha value is -3.30. The van der Waals surface area contributed by atoms with Gasteiger partial charge in [-0.25, -0.2) is 0 Å². The van der Waals surface area contributed by atoms with Gasteiger partial charge in [0.05, 0.1) is 13.2 Å². The lowest BCUT2D eigenvalue weighted by atomic mass is 9.92. The first-order chi connectivity index (χ1) is 18.3. The lowest BCUT2D eigenvalue weighted by Crippen LogP contribution is -2.01. The summed E-state index contributed by atoms with van der Waals surface area (Å²) in [4.78, 5) is 0. The van der Waals surface area contributed by atoms with Crippen LogP contribution in [0.4, 0.5) is 0 Å². The summed E-state index contributed by atoms with van der Waals surface area (Å²) in [6.07, 6.45) is 10.2. The third-order valence-electron chi connectivity index (χ3n) is 7.40. The van der Waals surface area contributed by atoms with Crippen LogP contribution in [-0.2, 0) is 13.2 Å². The van der Waals surface area contributed by atoms with Crippen molar-refractivity contribution in [1.82, 2.24) is 0 Å². The Morgan fingerprint density at radius 1 is 0.622 bits per heavy atom. The monoisotopic (exact) mass is 494 g/mol. The highest BCUT2D eigenvalue weighted by Crippen LogP contribution is 2.36. The SMILES string of the molecule is CCCCCCCCCCOc1cc(CO)cc(OCc2ccc3ccc4cccc5ccc2c3c45)c1. The molecule has 0 radical (unpaired) electrons. The van der Waals surface area contributed by atoms with Crippen LogP contribution >= 0.6 is 0 Å². The van der Waals surface area contributed by atoms with Crippen LogP contribution in [0.15, 0.2) is 72.8 Å². The van der Waals surface area contributed by atoms with E-state index in [9.17, 15) is 5.11 Å². The molecule has 0 bridgehead atoms. The minimum absolute atomic E-state index is 0.0377. The minimum Gasteiger partial charge on any atom is -0.493 e. The standard InChI is InChI=1S/C34H38O3/c1-2-3-4-5-6-7-8-9-19-36-30-20-25(23-35)21-31(22-30)37-24-29-16-15-28-14-13-26-11-10-12-27-17-18-32(29)34(28)33(26)27/h10-18,20-22,35H,2-9,19,23-24H2,1H3. The normalized spacial score (nSPS) is 11.6. The van der Waals surface area contributed by atoms with Crippen LogP contribution in [0.25, 0.3) is 32.3 Å². The highest BCUT2D eigenvalue weighted by atomic mass is 16.5. The van der Waals surface area contributed by atoms with Crippen molar-refractivity contribution in [2.24, 2.45) is 0 Å². The van der Waals surface area contributed by atoms with E-state index in [0.717, 1.165) is 29.0 Å². The fourth-order valence-electron chi connectivity index (χ4n) is 5.40. The smallest absolute Gasteiger partial charge is 0.123 e. The maximum atomic E-state index is 9.79. The Balaban J connectivity index is 1.24. The molecule has 37 heavy (non-hydrogen) atoms. The number of hydrogen-bond donors (Lipinski definition) is 1. The molecular weight excluding hydrogens is 456 g/mol. The van der Waals surface area contributed by atoms with Gasteiger partial charge < -0.3 is 14.6 Å². The number of unbranched alkanes of at least 4 members (excludes halogenated alkanes) is 7. The van der Waals surface area contributed by atoms with E-state index in [2.05, 4.69) is 61.5 Å². The molecule has 5 aromatic rings. The largest absolute Gasteiger partial charge is 0.493 e. The second kappa shape index (κ2) is 12.3. The zero-order valence-corrected chi connectivity index (χ0v) is 22.0. The van der Waals surface area contributed by atoms with Gasteiger partial charge in [-0.2, -0.15) is 0 Å². The summed E-state index contributed by atoms with van der Waals surface area (Å²) in [5.41, 5.74) is 1.96. The molecule has 5 rings (SSSR count). The van der Waals surface area contributed by atoms with Gasteiger partial charge in [-0.05, 0) is 62.0 Å². The van der Waals surface area contributed by atoms with Crippen molar-refractivity contribution in [3.8, 4) is 11.5 Å². The summed E-state index contributed by atoms with van der Waals surface area (Å²) in [6.45, 7) is 3.37. The van der Waals surface area contributed by atoms with Crippen molar-refractivity contribution in [2.75, 3.05) is 6.61 Å². The lowest BCUT2D eigenvalue weighted by molar-refractivity contribution is 0.271. The maximum Gasteiger partial charge on any atom is 0.123 e. The predicted octanol–water partition coefficient (Wildman–Crippen LogP) is 9.17. The molecule has 0 fully saturated rings. The van der Waals surface area contributed by atoms with E-state index in [0.29, 0.717) is 13.2 Å². The third kappa shape index (κ3) is 5.99. The van der Waals surface area contributed by atoms with E-state index < -0.39 is 0 Å². The van der Waals surface area contributed by atoms with Gasteiger partial charge in [-0.1, -0.05) is 106 Å². The number of aliphatic hydroxyl groups is 1. The van der Waals surface area contributed by atoms with Gasteiger partial charge in [0.2, 0.25) is 0 Å². The zero-order valence-electron chi connectivity index (χ0n) is 22.0. The predicted molar refractivity (Wildman–Crippen MR) is 155 cm³/mol. The molecule has 0 aliphatic heterocycles. The van der Waals surface area contributed by atoms with Gasteiger partial charge >= 0.3 is 0 Å². The van der Waals surface area contributed by atoms with Crippen LogP contribution in [-0.4, -0.2) is 11.7 Å². The van der Waals surface area contributed by atoms with Gasteiger partial charge in [0.15, 0.2) is 0 Å². The van der Waals surface area contributed by atoms with Gasteiger partial charge in [0.25, 0.3) is 0 Å². The molecular formula is C34H38O3. The van der Waals surface area contributed by atoms with E-state index in [1.54, 1.807) is 0 Å². The molecule has 1 N–H and O–H groups in total. The van der Waals surface area contributed by atoms with E-state index in [1.165, 1.54) is 77.3 Å². The quantitative estimate of drug-likeness (QED) is 0.123. The Morgan fingerprint density at radius 2 is 1.24 bits per heavy atom. The van der Waals surface area contributed by atoms with Gasteiger partial charge in [-0.3, -0.25) is 0 Å². The van der Waals surface area contributed by atoms with Crippen molar-refractivity contribution in [3.05, 3.63) is 83.9 Å². The summed E-state index contributed by atoms with van der Waals surface area (Å²) in [5.74, 6) is 1.49. The van der Waals surface area contributed by atoms with Crippen molar-refractivity contribution in [2.45, 2.75) is 71.5 Å². The van der Waals surface area contributed by atoms with Gasteiger partial charge in [0.1, 0.15) is 18.1 Å². The molecule has 0 aliphatic carbocycles. The summed E-state index contributed by atoms with van der Waals surface area (Å²) in [5, 5.41) is 17.4. The molecule has 0 spiro atoms. The molecule has 0 unspecified atom stereocenters. The first-order valence-corrected chi connectivity index (χ1v) is 13.9. The molecule has 0 saturated carbocycles. The highest BCUT2D eigenvalue weighted by Gasteiger charge is 2.11. The second-order valence-electron chi connectivity index (χ2n) is 10.2. The zero-order chi connectivity index (χ0) is 25.5. The maximum absolute atomic E-state index is 9.79. The summed E-state index contributed by atoms with van der Waals surface area (Å²) in [7, 11) is 0. The molecule has 0 amide bonds. The first-order valence-electron chi connectivity index (χ1n) is 13.9. The number of ether oxygens (including phenoxy) is 2. The second-order valence-corrected chi connectivity index (χ2v) is 10.2. The molecule has 0 aliphatic rings. The fourth-order valence-corrected chi connectivity index (χ4v) is 5.40. The van der Waals surface area contributed by atoms with Crippen LogP contribution in [0.5, 0.6) is 11.5 Å². The molecule has 3 heteroatoms. The molecule has 192 valence electrons. The van der Waals surface area contributed by atoms with E-state index >= 15 is 0 Å². The fraction of sp³-hybridized carbons (Fsp3) is 0.353. The summed E-state index contributed by atoms with van der Waals surface area (Å²) < 4.78 is 12.3. The van der Waals surface area contributed by atoms with E-state index in [-0.39, 0.29) is 6.61 Å². The number of benzene rings is 5. The number of aliphatic hydroxyl groups excluding tert-OH is 1. The Labute approximate surface area is 220 Å². The average molecular weight is 495 g/mol. The highest BCUT2D eigenvalue weighted by molar-refractivity contribution is 6.23. The van der Waals surface area contributed by atoms with Crippen molar-refractivity contribution in [3.63, 3.8) is 0 Å². The van der Waals surface area contributed by atoms with Crippen molar-refractivity contribution >= 4 is 32.3 Å². The summed E-state index contributed by atoms with van der Waals surface area (Å²) in [6, 6.07) is 25.4. The third-order valence-corrected chi connectivity index (χ3v) is 7.40. The number of rotatable bonds is 14. The van der Waals surface area contributed by atoms with Crippen LogP contribution in [0.2, 0.25) is 0 Å². The van der Waals surface area contributed by atoms with Crippen LogP contribution in [0, 0.1) is 0 Å². The van der Waals surface area contributed by atoms with Crippen molar-refractivity contribution < 1.29 is 14.6 Å². The molecule has 0 atom stereocenters. The van der Waals surface area contributed by atoms with Crippen LogP contribution < -0.4 is 9.47 Å². The van der Waals surface area contributed by atoms with Gasteiger partial charge in [0, 0.05) is 6.07 Å². The van der Waals surface area contributed by atoms with Gasteiger partial charge in [-0.15, -0.1) is 0 Å².